The van der Waals surface area contributed by atoms with Gasteiger partial charge in [-0.2, -0.15) is 4.99 Å². The second kappa shape index (κ2) is 11.6. The molecule has 6 atom stereocenters. The largest absolute Gasteiger partial charge is 0.504 e. The number of quaternary nitrogens is 1. The third-order valence-corrected chi connectivity index (χ3v) is 8.60. The summed E-state index contributed by atoms with van der Waals surface area (Å²) in [5, 5.41) is 63.0. The number of para-hydroxylation sites is 1. The quantitative estimate of drug-likeness (QED) is 0.119. The molecule has 6 unspecified atom stereocenters. The lowest BCUT2D eigenvalue weighted by Gasteiger charge is -2.40. The molecule has 1 amide bonds. The Morgan fingerprint density at radius 3 is 2.38 bits per heavy atom. The van der Waals surface area contributed by atoms with Crippen molar-refractivity contribution in [2.24, 2.45) is 9.98 Å². The number of hydrogen-bond acceptors (Lipinski definition) is 12. The van der Waals surface area contributed by atoms with E-state index in [0.717, 1.165) is 0 Å². The number of hydrogen-bond donors (Lipinski definition) is 8. The number of aliphatic imine (C=N–C) groups is 2. The molecule has 0 radical (unpaired) electrons. The number of nitrogens with zero attached hydrogens (tertiary/aromatic N) is 2. The van der Waals surface area contributed by atoms with E-state index >= 15 is 0 Å². The number of ketones is 2. The average Bonchev–Trinajstić information content (AvgIpc) is 3.49. The molecule has 3 aromatic rings. The predicted molar refractivity (Wildman–Crippen MR) is 161 cm³/mol. The van der Waals surface area contributed by atoms with Gasteiger partial charge in [0, 0.05) is 34.2 Å². The van der Waals surface area contributed by atoms with E-state index in [0.29, 0.717) is 16.2 Å². The molecular formula is C32H28N5O10+. The third-order valence-electron chi connectivity index (χ3n) is 8.60. The van der Waals surface area contributed by atoms with E-state index in [-0.39, 0.29) is 64.2 Å². The second-order valence-corrected chi connectivity index (χ2v) is 11.4. The Morgan fingerprint density at radius 2 is 1.64 bits per heavy atom. The van der Waals surface area contributed by atoms with Crippen LogP contribution in [-0.2, 0) is 16.0 Å². The number of carbonyl (C=O) groups excluding carboxylic acids is 3. The first-order valence-corrected chi connectivity index (χ1v) is 14.6. The van der Waals surface area contributed by atoms with E-state index in [2.05, 4.69) is 15.3 Å². The summed E-state index contributed by atoms with van der Waals surface area (Å²) in [6.45, 7) is -0.633. The number of amidine groups is 1. The zero-order chi connectivity index (χ0) is 33.1. The predicted octanol–water partition coefficient (Wildman–Crippen LogP) is -1.67. The van der Waals surface area contributed by atoms with Gasteiger partial charge in [0.1, 0.15) is 30.1 Å². The van der Waals surface area contributed by atoms with Gasteiger partial charge in [-0.3, -0.25) is 25.1 Å². The molecule has 47 heavy (non-hydrogen) atoms. The molecule has 7 rings (SSSR count). The number of benzene rings is 3. The van der Waals surface area contributed by atoms with E-state index in [1.807, 2.05) is 0 Å². The normalized spacial score (nSPS) is 26.6. The van der Waals surface area contributed by atoms with Crippen LogP contribution in [0, 0.1) is 5.41 Å². The van der Waals surface area contributed by atoms with Gasteiger partial charge in [0.2, 0.25) is 18.0 Å². The molecule has 8 N–H and O–H groups in total. The van der Waals surface area contributed by atoms with Crippen molar-refractivity contribution in [2.45, 2.75) is 37.1 Å². The topological polar surface area (TPSA) is 236 Å². The van der Waals surface area contributed by atoms with Crippen LogP contribution in [0.5, 0.6) is 11.5 Å². The average molecular weight is 643 g/mol. The molecule has 1 aliphatic carbocycles. The molecule has 0 aromatic heterocycles. The van der Waals surface area contributed by atoms with Gasteiger partial charge in [0.15, 0.2) is 29.7 Å². The van der Waals surface area contributed by atoms with Crippen molar-refractivity contribution in [2.75, 3.05) is 13.3 Å². The maximum atomic E-state index is 13.7. The first-order valence-electron chi connectivity index (χ1n) is 14.6. The lowest BCUT2D eigenvalue weighted by atomic mass is 9.82. The minimum atomic E-state index is -1.84. The number of aliphatic hydroxyl groups excluding tert-OH is 4. The van der Waals surface area contributed by atoms with Gasteiger partial charge in [-0.1, -0.05) is 42.5 Å². The summed E-state index contributed by atoms with van der Waals surface area (Å²) in [6.07, 6.45) is -8.37. The Kier molecular flexibility index (Phi) is 7.51. The Bertz CT molecular complexity index is 1940. The number of aliphatic hydroxyl groups is 4. The molecule has 1 fully saturated rings. The number of amides is 1. The number of rotatable bonds is 6. The van der Waals surface area contributed by atoms with Crippen LogP contribution in [0.2, 0.25) is 0 Å². The smallest absolute Gasteiger partial charge is 0.284 e. The van der Waals surface area contributed by atoms with E-state index in [1.54, 1.807) is 36.4 Å². The van der Waals surface area contributed by atoms with E-state index in [1.165, 1.54) is 18.2 Å². The van der Waals surface area contributed by atoms with E-state index in [9.17, 15) is 39.9 Å². The summed E-state index contributed by atoms with van der Waals surface area (Å²) in [5.74, 6) is -2.84. The highest BCUT2D eigenvalue weighted by Gasteiger charge is 2.46. The van der Waals surface area contributed by atoms with Crippen molar-refractivity contribution in [1.82, 2.24) is 5.32 Å². The van der Waals surface area contributed by atoms with Crippen LogP contribution in [0.15, 0.2) is 64.6 Å². The van der Waals surface area contributed by atoms with Crippen molar-refractivity contribution in [3.63, 3.8) is 0 Å². The van der Waals surface area contributed by atoms with Gasteiger partial charge < -0.3 is 35.0 Å². The van der Waals surface area contributed by atoms with Gasteiger partial charge in [-0.25, -0.2) is 9.89 Å². The highest BCUT2D eigenvalue weighted by Crippen LogP contribution is 2.43. The van der Waals surface area contributed by atoms with Crippen LogP contribution in [0.25, 0.3) is 0 Å². The third kappa shape index (κ3) is 4.93. The number of nitrogens with one attached hydrogen (secondary N) is 3. The molecular weight excluding hydrogens is 614 g/mol. The van der Waals surface area contributed by atoms with E-state index < -0.39 is 60.5 Å². The highest BCUT2D eigenvalue weighted by molar-refractivity contribution is 6.68. The molecule has 240 valence electrons. The zero-order valence-electron chi connectivity index (χ0n) is 24.4. The lowest BCUT2D eigenvalue weighted by molar-refractivity contribution is -0.723. The maximum Gasteiger partial charge on any atom is 0.284 e. The molecule has 3 aromatic carbocycles. The van der Waals surface area contributed by atoms with Gasteiger partial charge in [-0.05, 0) is 12.1 Å². The van der Waals surface area contributed by atoms with Crippen LogP contribution in [0.4, 0.5) is 5.69 Å². The van der Waals surface area contributed by atoms with Crippen molar-refractivity contribution in [3.8, 4) is 11.5 Å². The fraction of sp³-hybridized carbons (Fsp3) is 0.250. The molecule has 0 saturated carbocycles. The standard InChI is InChI=1S/C32H27N5O10/c33-32-35-29-21(30(45)36-32)34-12-37(29)18-8-4-1-5-13(18)9-14-10-17-20(23(40)16-7-3-2-6-15(16)22(17)39)25(42)28(14)47-31-27(44)26(43)24(41)19(11-38)46-31/h1-8,10,19,24,26-27,31,38,41-44H,9,11-12H2,(H2,33,36,45)/p+1. The van der Waals surface area contributed by atoms with Crippen LogP contribution in [0.1, 0.15) is 43.0 Å². The van der Waals surface area contributed by atoms with Gasteiger partial charge in [0.05, 0.1) is 12.2 Å². The number of phenols is 1. The van der Waals surface area contributed by atoms with Crippen LogP contribution >= 0.6 is 0 Å². The maximum absolute atomic E-state index is 13.7. The Labute approximate surface area is 265 Å². The summed E-state index contributed by atoms with van der Waals surface area (Å²) in [7, 11) is 0. The fourth-order valence-electron chi connectivity index (χ4n) is 6.26. The molecule has 15 nitrogen and oxygen atoms in total. The molecule has 3 aliphatic heterocycles. The van der Waals surface area contributed by atoms with Crippen molar-refractivity contribution in [3.05, 3.63) is 88.0 Å². The summed E-state index contributed by atoms with van der Waals surface area (Å²) in [4.78, 5) is 48.8. The molecule has 15 heteroatoms. The Balaban J connectivity index is 1.34. The van der Waals surface area contributed by atoms with Crippen molar-refractivity contribution < 1.29 is 54.3 Å². The lowest BCUT2D eigenvalue weighted by Crippen LogP contribution is -3.09. The second-order valence-electron chi connectivity index (χ2n) is 11.4. The zero-order valence-corrected chi connectivity index (χ0v) is 24.4. The minimum Gasteiger partial charge on any atom is -0.504 e. The summed E-state index contributed by atoms with van der Waals surface area (Å²) < 4.78 is 11.5. The number of carbonyl (C=O) groups is 3. The number of fused-ring (bicyclic) bond motifs is 3. The van der Waals surface area contributed by atoms with Gasteiger partial charge in [-0.15, -0.1) is 0 Å². The number of phenolic OH excluding ortho intramolecular Hbond substituents is 1. The molecule has 4 aliphatic rings. The van der Waals surface area contributed by atoms with E-state index in [4.69, 9.17) is 14.9 Å². The van der Waals surface area contributed by atoms with Gasteiger partial charge in [0.25, 0.3) is 11.7 Å². The SMILES string of the molecule is N=C1N=C2C(=NC[NH+]2c2ccccc2Cc2cc3c(c(O)c2OC2OC(CO)C(O)C(O)C2O)C(=O)c2ccccc2C3=O)C(=O)N1. The first-order chi connectivity index (χ1) is 22.6. The molecule has 0 spiro atoms. The molecule has 3 heterocycles. The Hall–Kier alpha value is -5.16. The fourth-order valence-corrected chi connectivity index (χ4v) is 6.26. The van der Waals surface area contributed by atoms with Crippen LogP contribution in [-0.4, -0.2) is 104 Å². The van der Waals surface area contributed by atoms with Gasteiger partial charge >= 0.3 is 0 Å². The van der Waals surface area contributed by atoms with Crippen molar-refractivity contribution in [1.29, 1.82) is 5.41 Å². The van der Waals surface area contributed by atoms with Crippen molar-refractivity contribution >= 4 is 40.7 Å². The number of aromatic hydroxyl groups is 1. The number of guanidine groups is 1. The number of ether oxygens (including phenoxy) is 2. The first kappa shape index (κ1) is 30.5. The summed E-state index contributed by atoms with van der Waals surface area (Å²) >= 11 is 0. The Morgan fingerprint density at radius 1 is 0.936 bits per heavy atom. The molecule has 1 saturated heterocycles. The summed E-state index contributed by atoms with van der Waals surface area (Å²) in [6, 6.07) is 14.6. The summed E-state index contributed by atoms with van der Waals surface area (Å²) in [5.41, 5.74) is 1.31. The minimum absolute atomic E-state index is 0.0390. The van der Waals surface area contributed by atoms with Crippen LogP contribution in [0.3, 0.4) is 0 Å². The van der Waals surface area contributed by atoms with Crippen LogP contribution < -0.4 is 15.0 Å². The molecule has 0 bridgehead atoms. The monoisotopic (exact) mass is 642 g/mol. The highest BCUT2D eigenvalue weighted by atomic mass is 16.7.